The molecular formula is C18H21NO. The minimum Gasteiger partial charge on any atom is -0.352 e. The lowest BCUT2D eigenvalue weighted by atomic mass is 9.98. The van der Waals surface area contributed by atoms with Crippen molar-refractivity contribution < 1.29 is 4.79 Å². The molecule has 0 aliphatic rings. The third kappa shape index (κ3) is 3.27. The maximum Gasteiger partial charge on any atom is 0.251 e. The number of rotatable bonds is 4. The van der Waals surface area contributed by atoms with Gasteiger partial charge in [-0.1, -0.05) is 36.4 Å². The third-order valence-corrected chi connectivity index (χ3v) is 3.84. The second kappa shape index (κ2) is 6.38. The highest BCUT2D eigenvalue weighted by Crippen LogP contribution is 2.16. The predicted octanol–water partition coefficient (Wildman–Crippen LogP) is 3.58. The summed E-state index contributed by atoms with van der Waals surface area (Å²) in [6.45, 7) is 6.80. The molecule has 0 aromatic heterocycles. The minimum atomic E-state index is 0.0153. The lowest BCUT2D eigenvalue weighted by Crippen LogP contribution is -2.26. The molecule has 0 spiro atoms. The molecule has 0 fully saturated rings. The van der Waals surface area contributed by atoms with Crippen molar-refractivity contribution in [3.05, 3.63) is 70.3 Å². The summed E-state index contributed by atoms with van der Waals surface area (Å²) in [5, 5.41) is 3.00. The van der Waals surface area contributed by atoms with E-state index in [1.807, 2.05) is 37.3 Å². The van der Waals surface area contributed by atoms with Gasteiger partial charge in [0.2, 0.25) is 0 Å². The second-order valence-electron chi connectivity index (χ2n) is 5.17. The average molecular weight is 267 g/mol. The maximum absolute atomic E-state index is 12.2. The number of carbonyl (C=O) groups is 1. The van der Waals surface area contributed by atoms with Gasteiger partial charge < -0.3 is 5.32 Å². The highest BCUT2D eigenvalue weighted by Gasteiger charge is 2.10. The molecule has 2 aromatic carbocycles. The zero-order valence-electron chi connectivity index (χ0n) is 12.4. The zero-order valence-corrected chi connectivity index (χ0v) is 12.4. The smallest absolute Gasteiger partial charge is 0.251 e. The maximum atomic E-state index is 12.2. The molecule has 2 aromatic rings. The normalized spacial score (nSPS) is 10.3. The van der Waals surface area contributed by atoms with Crippen LogP contribution in [0.25, 0.3) is 0 Å². The van der Waals surface area contributed by atoms with Gasteiger partial charge in [-0.25, -0.2) is 0 Å². The van der Waals surface area contributed by atoms with E-state index in [2.05, 4.69) is 31.3 Å². The van der Waals surface area contributed by atoms with Crippen molar-refractivity contribution in [2.24, 2.45) is 0 Å². The van der Waals surface area contributed by atoms with Crippen LogP contribution in [0.4, 0.5) is 0 Å². The molecule has 0 aliphatic carbocycles. The van der Waals surface area contributed by atoms with E-state index in [0.29, 0.717) is 6.54 Å². The number of hydrogen-bond donors (Lipinski definition) is 1. The van der Waals surface area contributed by atoms with E-state index in [9.17, 15) is 4.79 Å². The van der Waals surface area contributed by atoms with Gasteiger partial charge in [0.25, 0.3) is 5.91 Å². The van der Waals surface area contributed by atoms with Crippen LogP contribution in [0, 0.1) is 20.8 Å². The molecule has 2 heteroatoms. The van der Waals surface area contributed by atoms with Crippen molar-refractivity contribution in [1.29, 1.82) is 0 Å². The molecule has 2 rings (SSSR count). The third-order valence-electron chi connectivity index (χ3n) is 3.84. The van der Waals surface area contributed by atoms with Crippen LogP contribution in [0.3, 0.4) is 0 Å². The molecule has 0 unspecified atom stereocenters. The van der Waals surface area contributed by atoms with Crippen LogP contribution in [-0.2, 0) is 6.42 Å². The molecule has 1 amide bonds. The lowest BCUT2D eigenvalue weighted by molar-refractivity contribution is 0.0953. The topological polar surface area (TPSA) is 29.1 Å². The average Bonchev–Trinajstić information content (AvgIpc) is 2.46. The first-order chi connectivity index (χ1) is 9.59. The summed E-state index contributed by atoms with van der Waals surface area (Å²) in [4.78, 5) is 12.2. The summed E-state index contributed by atoms with van der Waals surface area (Å²) in [7, 11) is 0. The van der Waals surface area contributed by atoms with E-state index in [1.165, 1.54) is 16.7 Å². The van der Waals surface area contributed by atoms with Crippen LogP contribution in [0.2, 0.25) is 0 Å². The molecule has 0 saturated carbocycles. The lowest BCUT2D eigenvalue weighted by Gasteiger charge is -2.11. The van der Waals surface area contributed by atoms with Crippen molar-refractivity contribution >= 4 is 5.91 Å². The van der Waals surface area contributed by atoms with Crippen molar-refractivity contribution in [3.8, 4) is 0 Å². The van der Waals surface area contributed by atoms with E-state index >= 15 is 0 Å². The first kappa shape index (κ1) is 14.3. The number of aryl methyl sites for hydroxylation is 1. The molecule has 0 heterocycles. The molecule has 20 heavy (non-hydrogen) atoms. The van der Waals surface area contributed by atoms with Gasteiger partial charge in [-0.05, 0) is 55.5 Å². The fourth-order valence-electron chi connectivity index (χ4n) is 2.26. The van der Waals surface area contributed by atoms with Gasteiger partial charge in [-0.3, -0.25) is 4.79 Å². The molecule has 0 bridgehead atoms. The predicted molar refractivity (Wildman–Crippen MR) is 83.1 cm³/mol. The molecular weight excluding hydrogens is 246 g/mol. The Morgan fingerprint density at radius 3 is 2.35 bits per heavy atom. The molecule has 1 N–H and O–H groups in total. The molecule has 0 atom stereocenters. The summed E-state index contributed by atoms with van der Waals surface area (Å²) < 4.78 is 0. The Kier molecular flexibility index (Phi) is 4.57. The van der Waals surface area contributed by atoms with Crippen LogP contribution in [0.5, 0.6) is 0 Å². The van der Waals surface area contributed by atoms with Gasteiger partial charge in [0.1, 0.15) is 0 Å². The first-order valence-electron chi connectivity index (χ1n) is 6.98. The van der Waals surface area contributed by atoms with Gasteiger partial charge in [0.15, 0.2) is 0 Å². The number of benzene rings is 2. The van der Waals surface area contributed by atoms with Gasteiger partial charge in [0, 0.05) is 12.1 Å². The van der Waals surface area contributed by atoms with Crippen molar-refractivity contribution in [2.45, 2.75) is 27.2 Å². The van der Waals surface area contributed by atoms with Crippen LogP contribution < -0.4 is 5.32 Å². The van der Waals surface area contributed by atoms with Crippen LogP contribution in [0.1, 0.15) is 32.6 Å². The summed E-state index contributed by atoms with van der Waals surface area (Å²) in [6.07, 6.45) is 0.858. The van der Waals surface area contributed by atoms with E-state index in [0.717, 1.165) is 17.5 Å². The van der Waals surface area contributed by atoms with Gasteiger partial charge >= 0.3 is 0 Å². The Hall–Kier alpha value is -2.09. The molecule has 2 nitrogen and oxygen atoms in total. The quantitative estimate of drug-likeness (QED) is 0.901. The fourth-order valence-corrected chi connectivity index (χ4v) is 2.26. The van der Waals surface area contributed by atoms with Gasteiger partial charge in [-0.15, -0.1) is 0 Å². The minimum absolute atomic E-state index is 0.0153. The number of amides is 1. The Morgan fingerprint density at radius 2 is 1.65 bits per heavy atom. The Labute approximate surface area is 120 Å². The number of hydrogen-bond acceptors (Lipinski definition) is 1. The van der Waals surface area contributed by atoms with Crippen molar-refractivity contribution in [3.63, 3.8) is 0 Å². The standard InChI is InChI=1S/C18H21NO/c1-13-9-10-17(15(3)14(13)2)18(20)19-12-11-16-7-5-4-6-8-16/h4-10H,11-12H2,1-3H3,(H,19,20). The molecule has 0 aliphatic heterocycles. The molecule has 0 saturated heterocycles. The number of nitrogens with one attached hydrogen (secondary N) is 1. The number of carbonyl (C=O) groups excluding carboxylic acids is 1. The van der Waals surface area contributed by atoms with Crippen LogP contribution in [0.15, 0.2) is 42.5 Å². The first-order valence-corrected chi connectivity index (χ1v) is 6.98. The Balaban J connectivity index is 1.97. The Morgan fingerprint density at radius 1 is 0.950 bits per heavy atom. The van der Waals surface area contributed by atoms with E-state index in [1.54, 1.807) is 0 Å². The summed E-state index contributed by atoms with van der Waals surface area (Å²) in [6, 6.07) is 14.1. The summed E-state index contributed by atoms with van der Waals surface area (Å²) >= 11 is 0. The zero-order chi connectivity index (χ0) is 14.5. The monoisotopic (exact) mass is 267 g/mol. The SMILES string of the molecule is Cc1ccc(C(=O)NCCc2ccccc2)c(C)c1C. The van der Waals surface area contributed by atoms with Crippen LogP contribution in [-0.4, -0.2) is 12.5 Å². The second-order valence-corrected chi connectivity index (χ2v) is 5.17. The molecule has 0 radical (unpaired) electrons. The van der Waals surface area contributed by atoms with Gasteiger partial charge in [-0.2, -0.15) is 0 Å². The highest BCUT2D eigenvalue weighted by atomic mass is 16.1. The largest absolute Gasteiger partial charge is 0.352 e. The van der Waals surface area contributed by atoms with Crippen molar-refractivity contribution in [2.75, 3.05) is 6.54 Å². The molecule has 104 valence electrons. The summed E-state index contributed by atoms with van der Waals surface area (Å²) in [5.74, 6) is 0.0153. The Bertz CT molecular complexity index is 602. The van der Waals surface area contributed by atoms with E-state index < -0.39 is 0 Å². The van der Waals surface area contributed by atoms with Crippen molar-refractivity contribution in [1.82, 2.24) is 5.32 Å². The van der Waals surface area contributed by atoms with E-state index in [-0.39, 0.29) is 5.91 Å². The van der Waals surface area contributed by atoms with Gasteiger partial charge in [0.05, 0.1) is 0 Å². The van der Waals surface area contributed by atoms with E-state index in [4.69, 9.17) is 0 Å². The fraction of sp³-hybridized carbons (Fsp3) is 0.278. The van der Waals surface area contributed by atoms with Crippen LogP contribution >= 0.6 is 0 Å². The summed E-state index contributed by atoms with van der Waals surface area (Å²) in [5.41, 5.74) is 5.51. The highest BCUT2D eigenvalue weighted by molar-refractivity contribution is 5.96.